The number of nitrogens with zero attached hydrogens (tertiary/aromatic N) is 2. The Hall–Kier alpha value is -0.880. The fourth-order valence-electron chi connectivity index (χ4n) is 1.16. The third-order valence-corrected chi connectivity index (χ3v) is 3.16. The summed E-state index contributed by atoms with van der Waals surface area (Å²) in [5.74, 6) is -0.0872. The zero-order valence-corrected chi connectivity index (χ0v) is 9.85. The van der Waals surface area contributed by atoms with E-state index in [4.69, 9.17) is 0 Å². The number of halogens is 1. The molecule has 0 spiro atoms. The standard InChI is InChI=1S/C8H8BrN3OS/c1-5(13)10-8-11-6-4-12(9)3-2-7(6)14-8/h2-3H,4H2,1H3,(H,10,11,13). The van der Waals surface area contributed by atoms with Crippen LogP contribution in [0.3, 0.4) is 0 Å². The highest BCUT2D eigenvalue weighted by molar-refractivity contribution is 9.07. The maximum Gasteiger partial charge on any atom is 0.223 e. The lowest BCUT2D eigenvalue weighted by molar-refractivity contribution is -0.114. The summed E-state index contributed by atoms with van der Waals surface area (Å²) >= 11 is 4.83. The van der Waals surface area contributed by atoms with E-state index < -0.39 is 0 Å². The first-order valence-electron chi connectivity index (χ1n) is 4.03. The first-order chi connectivity index (χ1) is 6.65. The van der Waals surface area contributed by atoms with Crippen molar-refractivity contribution in [3.8, 4) is 0 Å². The Morgan fingerprint density at radius 1 is 1.79 bits per heavy atom. The van der Waals surface area contributed by atoms with Crippen molar-refractivity contribution < 1.29 is 4.79 Å². The van der Waals surface area contributed by atoms with Crippen molar-refractivity contribution in [1.29, 1.82) is 0 Å². The van der Waals surface area contributed by atoms with Gasteiger partial charge in [0.25, 0.3) is 0 Å². The Kier molecular flexibility index (Phi) is 2.56. The van der Waals surface area contributed by atoms with Crippen molar-refractivity contribution in [2.24, 2.45) is 0 Å². The second kappa shape index (κ2) is 3.70. The lowest BCUT2D eigenvalue weighted by atomic mass is 10.3. The number of amides is 1. The summed E-state index contributed by atoms with van der Waals surface area (Å²) in [6, 6.07) is 0. The largest absolute Gasteiger partial charge is 0.310 e. The van der Waals surface area contributed by atoms with Crippen LogP contribution in [0.2, 0.25) is 0 Å². The summed E-state index contributed by atoms with van der Waals surface area (Å²) in [5, 5.41) is 3.34. The van der Waals surface area contributed by atoms with Gasteiger partial charge < -0.3 is 9.24 Å². The molecule has 2 rings (SSSR count). The number of anilines is 1. The molecule has 1 amide bonds. The number of aromatic nitrogens is 1. The fraction of sp³-hybridized carbons (Fsp3) is 0.250. The maximum atomic E-state index is 10.8. The van der Waals surface area contributed by atoms with E-state index in [0.717, 1.165) is 17.1 Å². The van der Waals surface area contributed by atoms with Crippen LogP contribution in [0.5, 0.6) is 0 Å². The third kappa shape index (κ3) is 1.96. The number of fused-ring (bicyclic) bond motifs is 1. The summed E-state index contributed by atoms with van der Waals surface area (Å²) in [6.45, 7) is 2.20. The molecule has 0 saturated heterocycles. The molecule has 1 aromatic heterocycles. The second-order valence-electron chi connectivity index (χ2n) is 2.88. The molecule has 14 heavy (non-hydrogen) atoms. The minimum absolute atomic E-state index is 0.0872. The molecule has 0 aliphatic carbocycles. The lowest BCUT2D eigenvalue weighted by Crippen LogP contribution is -2.08. The van der Waals surface area contributed by atoms with Crippen LogP contribution in [-0.4, -0.2) is 14.8 Å². The van der Waals surface area contributed by atoms with Gasteiger partial charge in [0.2, 0.25) is 5.91 Å². The SMILES string of the molecule is CC(=O)Nc1nc2c(s1)C=CN(Br)C2. The molecule has 0 saturated carbocycles. The van der Waals surface area contributed by atoms with E-state index in [1.807, 2.05) is 16.2 Å². The van der Waals surface area contributed by atoms with E-state index in [9.17, 15) is 4.79 Å². The molecule has 0 bridgehead atoms. The molecule has 0 fully saturated rings. The molecular formula is C8H8BrN3OS. The maximum absolute atomic E-state index is 10.8. The highest BCUT2D eigenvalue weighted by Crippen LogP contribution is 2.29. The summed E-state index contributed by atoms with van der Waals surface area (Å²) in [4.78, 5) is 16.2. The Labute approximate surface area is 94.0 Å². The van der Waals surface area contributed by atoms with Gasteiger partial charge in [-0.25, -0.2) is 4.98 Å². The summed E-state index contributed by atoms with van der Waals surface area (Å²) in [7, 11) is 0. The quantitative estimate of drug-likeness (QED) is 0.798. The molecule has 4 nitrogen and oxygen atoms in total. The number of thiazole rings is 1. The normalized spacial score (nSPS) is 14.0. The van der Waals surface area contributed by atoms with Crippen molar-refractivity contribution in [3.63, 3.8) is 0 Å². The summed E-state index contributed by atoms with van der Waals surface area (Å²) in [6.07, 6.45) is 3.90. The fourth-order valence-corrected chi connectivity index (χ4v) is 2.43. The summed E-state index contributed by atoms with van der Waals surface area (Å²) < 4.78 is 1.87. The minimum atomic E-state index is -0.0872. The number of carbonyl (C=O) groups excluding carboxylic acids is 1. The molecule has 6 heteroatoms. The van der Waals surface area contributed by atoms with E-state index >= 15 is 0 Å². The van der Waals surface area contributed by atoms with Crippen LogP contribution in [0.4, 0.5) is 5.13 Å². The van der Waals surface area contributed by atoms with Gasteiger partial charge in [-0.2, -0.15) is 0 Å². The molecule has 0 radical (unpaired) electrons. The average Bonchev–Trinajstić information content (AvgIpc) is 2.44. The van der Waals surface area contributed by atoms with Gasteiger partial charge in [0.1, 0.15) is 0 Å². The molecular weight excluding hydrogens is 266 g/mol. The first-order valence-corrected chi connectivity index (χ1v) is 5.55. The van der Waals surface area contributed by atoms with Gasteiger partial charge in [-0.05, 0) is 6.08 Å². The average molecular weight is 274 g/mol. The van der Waals surface area contributed by atoms with Gasteiger partial charge in [-0.1, -0.05) is 11.3 Å². The van der Waals surface area contributed by atoms with Gasteiger partial charge >= 0.3 is 0 Å². The molecule has 0 atom stereocenters. The van der Waals surface area contributed by atoms with E-state index in [1.165, 1.54) is 18.3 Å². The highest BCUT2D eigenvalue weighted by Gasteiger charge is 2.14. The predicted molar refractivity (Wildman–Crippen MR) is 59.9 cm³/mol. The number of hydrogen-bond acceptors (Lipinski definition) is 4. The molecule has 2 heterocycles. The van der Waals surface area contributed by atoms with E-state index in [1.54, 1.807) is 0 Å². The van der Waals surface area contributed by atoms with Crippen molar-refractivity contribution in [2.75, 3.05) is 5.32 Å². The van der Waals surface area contributed by atoms with Crippen LogP contribution in [0.1, 0.15) is 17.5 Å². The monoisotopic (exact) mass is 273 g/mol. The number of hydrogen-bond donors (Lipinski definition) is 1. The smallest absolute Gasteiger partial charge is 0.223 e. The zero-order chi connectivity index (χ0) is 10.1. The van der Waals surface area contributed by atoms with Gasteiger partial charge in [-0.15, -0.1) is 0 Å². The number of nitrogens with one attached hydrogen (secondary N) is 1. The van der Waals surface area contributed by atoms with E-state index in [2.05, 4.69) is 26.4 Å². The molecule has 1 aromatic rings. The molecule has 0 aromatic carbocycles. The number of rotatable bonds is 1. The Morgan fingerprint density at radius 2 is 2.57 bits per heavy atom. The highest BCUT2D eigenvalue weighted by atomic mass is 79.9. The van der Waals surface area contributed by atoms with E-state index in [-0.39, 0.29) is 5.91 Å². The number of carbonyl (C=O) groups is 1. The van der Waals surface area contributed by atoms with E-state index in [0.29, 0.717) is 5.13 Å². The molecule has 74 valence electrons. The van der Waals surface area contributed by atoms with Crippen LogP contribution in [-0.2, 0) is 11.3 Å². The lowest BCUT2D eigenvalue weighted by Gasteiger charge is -2.13. The van der Waals surface area contributed by atoms with Crippen LogP contribution < -0.4 is 5.32 Å². The van der Waals surface area contributed by atoms with Crippen molar-refractivity contribution >= 4 is 44.6 Å². The second-order valence-corrected chi connectivity index (χ2v) is 4.83. The Bertz CT molecular complexity index is 401. The zero-order valence-electron chi connectivity index (χ0n) is 7.45. The van der Waals surface area contributed by atoms with Crippen LogP contribution in [0, 0.1) is 0 Å². The van der Waals surface area contributed by atoms with Gasteiger partial charge in [0, 0.05) is 29.3 Å². The van der Waals surface area contributed by atoms with Gasteiger partial charge in [0.15, 0.2) is 5.13 Å². The van der Waals surface area contributed by atoms with Crippen LogP contribution in [0.15, 0.2) is 6.20 Å². The van der Waals surface area contributed by atoms with Crippen LogP contribution in [0.25, 0.3) is 6.08 Å². The van der Waals surface area contributed by atoms with Gasteiger partial charge in [-0.3, -0.25) is 4.79 Å². The Morgan fingerprint density at radius 3 is 3.29 bits per heavy atom. The first kappa shape index (κ1) is 9.67. The molecule has 1 aliphatic heterocycles. The summed E-state index contributed by atoms with van der Waals surface area (Å²) in [5.41, 5.74) is 0.984. The predicted octanol–water partition coefficient (Wildman–Crippen LogP) is 2.20. The topological polar surface area (TPSA) is 45.2 Å². The van der Waals surface area contributed by atoms with Crippen molar-refractivity contribution in [3.05, 3.63) is 16.8 Å². The van der Waals surface area contributed by atoms with Crippen molar-refractivity contribution in [1.82, 2.24) is 8.91 Å². The molecule has 1 aliphatic rings. The molecule has 1 N–H and O–H groups in total. The molecule has 0 unspecified atom stereocenters. The van der Waals surface area contributed by atoms with Gasteiger partial charge in [0.05, 0.1) is 17.1 Å². The minimum Gasteiger partial charge on any atom is -0.310 e. The Balaban J connectivity index is 2.25. The third-order valence-electron chi connectivity index (χ3n) is 1.70. The van der Waals surface area contributed by atoms with Crippen molar-refractivity contribution in [2.45, 2.75) is 13.5 Å². The van der Waals surface area contributed by atoms with Crippen LogP contribution >= 0.6 is 27.5 Å².